The molecule has 0 bridgehead atoms. The van der Waals surface area contributed by atoms with Gasteiger partial charge in [0.15, 0.2) is 0 Å². The minimum Gasteiger partial charge on any atom is -0.378 e. The van der Waals surface area contributed by atoms with Gasteiger partial charge < -0.3 is 4.74 Å². The zero-order valence-electron chi connectivity index (χ0n) is 18.2. The van der Waals surface area contributed by atoms with E-state index in [0.717, 1.165) is 24.4 Å². The van der Waals surface area contributed by atoms with Gasteiger partial charge in [-0.15, -0.1) is 0 Å². The second kappa shape index (κ2) is 14.0. The van der Waals surface area contributed by atoms with E-state index < -0.39 is 0 Å². The van der Waals surface area contributed by atoms with Gasteiger partial charge in [0.2, 0.25) is 0 Å². The molecule has 0 radical (unpaired) electrons. The molecule has 1 heteroatoms. The van der Waals surface area contributed by atoms with Crippen molar-refractivity contribution in [1.29, 1.82) is 0 Å². The third kappa shape index (κ3) is 8.77. The van der Waals surface area contributed by atoms with Crippen molar-refractivity contribution in [1.82, 2.24) is 0 Å². The summed E-state index contributed by atoms with van der Waals surface area (Å²) in [5.74, 6) is 3.15. The lowest BCUT2D eigenvalue weighted by Crippen LogP contribution is -2.28. The van der Waals surface area contributed by atoms with Gasteiger partial charge in [-0.2, -0.15) is 0 Å². The zero-order chi connectivity index (χ0) is 18.5. The molecule has 0 aromatic rings. The van der Waals surface area contributed by atoms with E-state index in [0.29, 0.717) is 6.10 Å². The van der Waals surface area contributed by atoms with Crippen LogP contribution in [0, 0.1) is 17.8 Å². The van der Waals surface area contributed by atoms with E-state index in [1.807, 2.05) is 0 Å². The molecule has 2 saturated carbocycles. The van der Waals surface area contributed by atoms with Crippen LogP contribution in [0.1, 0.15) is 129 Å². The smallest absolute Gasteiger partial charge is 0.0575 e. The molecule has 0 N–H and O–H groups in total. The Morgan fingerprint density at radius 1 is 0.577 bits per heavy atom. The number of ether oxygens (including phenoxy) is 1. The fourth-order valence-electron chi connectivity index (χ4n) is 5.49. The molecule has 0 amide bonds. The second-order valence-electron chi connectivity index (χ2n) is 9.45. The molecule has 0 heterocycles. The van der Waals surface area contributed by atoms with Crippen molar-refractivity contribution in [2.24, 2.45) is 17.8 Å². The highest BCUT2D eigenvalue weighted by atomic mass is 16.5. The first-order chi connectivity index (χ1) is 12.8. The number of unbranched alkanes of at least 4 members (excludes halogenated alkanes) is 7. The van der Waals surface area contributed by atoms with E-state index in [9.17, 15) is 0 Å². The Morgan fingerprint density at radius 3 is 1.77 bits per heavy atom. The molecule has 0 aliphatic heterocycles. The maximum absolute atomic E-state index is 6.20. The van der Waals surface area contributed by atoms with Crippen LogP contribution in [0.2, 0.25) is 0 Å². The largest absolute Gasteiger partial charge is 0.378 e. The van der Waals surface area contributed by atoms with Gasteiger partial charge in [-0.05, 0) is 62.7 Å². The van der Waals surface area contributed by atoms with Crippen LogP contribution in [0.5, 0.6) is 0 Å². The molecule has 0 spiro atoms. The maximum atomic E-state index is 6.20. The molecule has 154 valence electrons. The lowest BCUT2D eigenvalue weighted by Gasteiger charge is -2.38. The lowest BCUT2D eigenvalue weighted by molar-refractivity contribution is 0.00526. The van der Waals surface area contributed by atoms with Crippen LogP contribution in [0.15, 0.2) is 0 Å². The number of hydrogen-bond acceptors (Lipinski definition) is 1. The van der Waals surface area contributed by atoms with E-state index >= 15 is 0 Å². The Balaban J connectivity index is 1.48. The van der Waals surface area contributed by atoms with Crippen molar-refractivity contribution in [3.63, 3.8) is 0 Å². The van der Waals surface area contributed by atoms with E-state index in [1.54, 1.807) is 0 Å². The van der Waals surface area contributed by atoms with Crippen LogP contribution in [-0.2, 0) is 4.74 Å². The van der Waals surface area contributed by atoms with E-state index in [1.165, 1.54) is 116 Å². The van der Waals surface area contributed by atoms with E-state index in [4.69, 9.17) is 4.74 Å². The zero-order valence-corrected chi connectivity index (χ0v) is 18.2. The first kappa shape index (κ1) is 22.3. The molecule has 2 fully saturated rings. The summed E-state index contributed by atoms with van der Waals surface area (Å²) in [4.78, 5) is 0. The molecule has 2 aliphatic rings. The van der Waals surface area contributed by atoms with Gasteiger partial charge in [0.05, 0.1) is 6.10 Å². The monoisotopic (exact) mass is 364 g/mol. The van der Waals surface area contributed by atoms with Gasteiger partial charge in [0.25, 0.3) is 0 Å². The third-order valence-electron chi connectivity index (χ3n) is 7.34. The maximum Gasteiger partial charge on any atom is 0.0575 e. The van der Waals surface area contributed by atoms with E-state index in [-0.39, 0.29) is 0 Å². The quantitative estimate of drug-likeness (QED) is 0.298. The van der Waals surface area contributed by atoms with Gasteiger partial charge in [0.1, 0.15) is 0 Å². The minimum atomic E-state index is 0.590. The summed E-state index contributed by atoms with van der Waals surface area (Å²) >= 11 is 0. The third-order valence-corrected chi connectivity index (χ3v) is 7.34. The predicted octanol–water partition coefficient (Wildman–Crippen LogP) is 8.31. The van der Waals surface area contributed by atoms with Crippen molar-refractivity contribution in [2.45, 2.75) is 136 Å². The molecule has 0 aromatic heterocycles. The Kier molecular flexibility index (Phi) is 12.0. The SMILES string of the molecule is CCCCCCCCO[C@H]1CC[C@H]([C@H]2CC[C@H](CCCCC)CC2)CC1. The van der Waals surface area contributed by atoms with E-state index in [2.05, 4.69) is 13.8 Å². The fourth-order valence-corrected chi connectivity index (χ4v) is 5.49. The van der Waals surface area contributed by atoms with Crippen LogP contribution >= 0.6 is 0 Å². The molecular weight excluding hydrogens is 316 g/mol. The molecule has 1 nitrogen and oxygen atoms in total. The Bertz CT molecular complexity index is 310. The molecule has 0 saturated heterocycles. The average molecular weight is 365 g/mol. The molecular formula is C25H48O. The summed E-state index contributed by atoms with van der Waals surface area (Å²) in [5, 5.41) is 0. The molecule has 0 unspecified atom stereocenters. The van der Waals surface area contributed by atoms with Gasteiger partial charge in [-0.1, -0.05) is 84.5 Å². The summed E-state index contributed by atoms with van der Waals surface area (Å²) in [7, 11) is 0. The minimum absolute atomic E-state index is 0.590. The first-order valence-electron chi connectivity index (χ1n) is 12.4. The summed E-state index contributed by atoms with van der Waals surface area (Å²) in [6.45, 7) is 5.63. The topological polar surface area (TPSA) is 9.23 Å². The van der Waals surface area contributed by atoms with Crippen LogP contribution in [0.4, 0.5) is 0 Å². The summed E-state index contributed by atoms with van der Waals surface area (Å²) < 4.78 is 6.20. The number of rotatable bonds is 13. The lowest BCUT2D eigenvalue weighted by atomic mass is 9.70. The van der Waals surface area contributed by atoms with Crippen molar-refractivity contribution < 1.29 is 4.74 Å². The predicted molar refractivity (Wildman–Crippen MR) is 115 cm³/mol. The molecule has 26 heavy (non-hydrogen) atoms. The number of hydrogen-bond donors (Lipinski definition) is 0. The van der Waals surface area contributed by atoms with Crippen molar-refractivity contribution in [3.8, 4) is 0 Å². The average Bonchev–Trinajstić information content (AvgIpc) is 2.69. The fraction of sp³-hybridized carbons (Fsp3) is 1.00. The van der Waals surface area contributed by atoms with Crippen molar-refractivity contribution in [3.05, 3.63) is 0 Å². The normalized spacial score (nSPS) is 29.8. The van der Waals surface area contributed by atoms with Crippen LogP contribution < -0.4 is 0 Å². The summed E-state index contributed by atoms with van der Waals surface area (Å²) in [6, 6.07) is 0. The highest BCUT2D eigenvalue weighted by Crippen LogP contribution is 2.41. The second-order valence-corrected chi connectivity index (χ2v) is 9.45. The highest BCUT2D eigenvalue weighted by Gasteiger charge is 2.30. The highest BCUT2D eigenvalue weighted by molar-refractivity contribution is 4.82. The standard InChI is InChI=1S/C25H48O/c1-3-5-7-8-9-11-21-26-25-19-17-24(18-20-25)23-15-13-22(14-16-23)12-10-6-4-2/h22-25H,3-21H2,1-2H3/t22-,23-,24-,25-. The Labute approximate surface area is 165 Å². The van der Waals surface area contributed by atoms with Gasteiger partial charge in [-0.3, -0.25) is 0 Å². The van der Waals surface area contributed by atoms with Crippen molar-refractivity contribution >= 4 is 0 Å². The Morgan fingerprint density at radius 2 is 1.12 bits per heavy atom. The van der Waals surface area contributed by atoms with Crippen LogP contribution in [0.25, 0.3) is 0 Å². The van der Waals surface area contributed by atoms with Crippen LogP contribution in [0.3, 0.4) is 0 Å². The molecule has 0 aromatic carbocycles. The van der Waals surface area contributed by atoms with Gasteiger partial charge in [0, 0.05) is 6.61 Å². The Hall–Kier alpha value is -0.0400. The van der Waals surface area contributed by atoms with Gasteiger partial charge >= 0.3 is 0 Å². The molecule has 2 rings (SSSR count). The molecule has 2 aliphatic carbocycles. The van der Waals surface area contributed by atoms with Crippen molar-refractivity contribution in [2.75, 3.05) is 6.61 Å². The van der Waals surface area contributed by atoms with Crippen LogP contribution in [-0.4, -0.2) is 12.7 Å². The summed E-state index contributed by atoms with van der Waals surface area (Å²) in [6.07, 6.45) is 26.4. The molecule has 0 atom stereocenters. The first-order valence-corrected chi connectivity index (χ1v) is 12.4. The van der Waals surface area contributed by atoms with Gasteiger partial charge in [-0.25, -0.2) is 0 Å². The summed E-state index contributed by atoms with van der Waals surface area (Å²) in [5.41, 5.74) is 0.